The number of anilines is 1. The molecular formula is C21H28ClN3O4. The number of aliphatic carboxylic acids is 1. The molecule has 29 heavy (non-hydrogen) atoms. The fourth-order valence-electron chi connectivity index (χ4n) is 3.96. The molecule has 0 unspecified atom stereocenters. The minimum absolute atomic E-state index is 0.000897. The normalized spacial score (nSPS) is 17.8. The number of rotatable bonds is 8. The highest BCUT2D eigenvalue weighted by Crippen LogP contribution is 2.31. The number of pyridine rings is 1. The van der Waals surface area contributed by atoms with Crippen LogP contribution in [0.1, 0.15) is 67.9 Å². The van der Waals surface area contributed by atoms with Crippen molar-refractivity contribution in [1.82, 2.24) is 9.88 Å². The summed E-state index contributed by atoms with van der Waals surface area (Å²) in [6.07, 6.45) is 4.56. The summed E-state index contributed by atoms with van der Waals surface area (Å²) in [5.41, 5.74) is 1.08. The van der Waals surface area contributed by atoms with Gasteiger partial charge in [-0.1, -0.05) is 24.9 Å². The van der Waals surface area contributed by atoms with Crippen LogP contribution < -0.4 is 4.90 Å². The Morgan fingerprint density at radius 3 is 2.59 bits per heavy atom. The highest BCUT2D eigenvalue weighted by molar-refractivity contribution is 6.33. The fourth-order valence-corrected chi connectivity index (χ4v) is 4.23. The Morgan fingerprint density at radius 1 is 1.28 bits per heavy atom. The van der Waals surface area contributed by atoms with Gasteiger partial charge in [-0.15, -0.1) is 0 Å². The minimum atomic E-state index is -0.770. The van der Waals surface area contributed by atoms with Crippen LogP contribution in [0.2, 0.25) is 5.02 Å². The van der Waals surface area contributed by atoms with Gasteiger partial charge in [-0.05, 0) is 31.7 Å². The van der Waals surface area contributed by atoms with Gasteiger partial charge in [0, 0.05) is 38.0 Å². The lowest BCUT2D eigenvalue weighted by atomic mass is 9.97. The molecule has 1 aromatic heterocycles. The first-order valence-corrected chi connectivity index (χ1v) is 10.8. The predicted molar refractivity (Wildman–Crippen MR) is 110 cm³/mol. The van der Waals surface area contributed by atoms with E-state index >= 15 is 0 Å². The monoisotopic (exact) mass is 421 g/mol. The van der Waals surface area contributed by atoms with Crippen molar-refractivity contribution in [2.75, 3.05) is 24.5 Å². The Morgan fingerprint density at radius 2 is 2.00 bits per heavy atom. The van der Waals surface area contributed by atoms with Crippen molar-refractivity contribution < 1.29 is 19.5 Å². The van der Waals surface area contributed by atoms with Crippen LogP contribution in [-0.4, -0.2) is 52.3 Å². The molecule has 0 spiro atoms. The zero-order chi connectivity index (χ0) is 21.0. The second-order valence-electron chi connectivity index (χ2n) is 7.83. The molecule has 1 aromatic rings. The zero-order valence-corrected chi connectivity index (χ0v) is 17.6. The number of likely N-dealkylation sites (tertiary alicyclic amines) is 1. The number of unbranched alkanes of at least 4 members (excludes halogenated alkanes) is 1. The zero-order valence-electron chi connectivity index (χ0n) is 16.8. The Kier molecular flexibility index (Phi) is 7.11. The third kappa shape index (κ3) is 5.07. The summed E-state index contributed by atoms with van der Waals surface area (Å²) in [4.78, 5) is 44.5. The summed E-state index contributed by atoms with van der Waals surface area (Å²) in [5.74, 6) is -0.462. The number of Topliss-reactive ketones (excluding diaryl/α,β-unsaturated/α-hetero) is 1. The number of carbonyl (C=O) groups is 3. The van der Waals surface area contributed by atoms with Gasteiger partial charge in [-0.3, -0.25) is 14.4 Å². The summed E-state index contributed by atoms with van der Waals surface area (Å²) >= 11 is 6.50. The van der Waals surface area contributed by atoms with Gasteiger partial charge in [-0.25, -0.2) is 4.98 Å². The highest BCUT2D eigenvalue weighted by atomic mass is 35.5. The number of carboxylic acids is 1. The molecule has 3 rings (SSSR count). The fraction of sp³-hybridized carbons (Fsp3) is 0.619. The van der Waals surface area contributed by atoms with E-state index in [-0.39, 0.29) is 17.6 Å². The first-order chi connectivity index (χ1) is 13.9. The lowest BCUT2D eigenvalue weighted by Crippen LogP contribution is -2.37. The average molecular weight is 422 g/mol. The van der Waals surface area contributed by atoms with Crippen molar-refractivity contribution in [3.05, 3.63) is 22.3 Å². The predicted octanol–water partition coefficient (Wildman–Crippen LogP) is 3.53. The first kappa shape index (κ1) is 21.6. The first-order valence-electron chi connectivity index (χ1n) is 10.4. The van der Waals surface area contributed by atoms with E-state index in [1.165, 1.54) is 0 Å². The summed E-state index contributed by atoms with van der Waals surface area (Å²) in [6.45, 7) is 4.11. The second kappa shape index (κ2) is 9.57. The highest BCUT2D eigenvalue weighted by Gasteiger charge is 2.29. The van der Waals surface area contributed by atoms with Crippen LogP contribution in [0, 0.1) is 5.92 Å². The number of nitrogens with zero attached hydrogens (tertiary/aromatic N) is 3. The summed E-state index contributed by atoms with van der Waals surface area (Å²) < 4.78 is 0. The van der Waals surface area contributed by atoms with E-state index in [2.05, 4.69) is 0 Å². The van der Waals surface area contributed by atoms with Gasteiger partial charge in [0.2, 0.25) is 5.91 Å². The van der Waals surface area contributed by atoms with E-state index in [4.69, 9.17) is 16.6 Å². The van der Waals surface area contributed by atoms with Gasteiger partial charge < -0.3 is 14.9 Å². The Labute approximate surface area is 176 Å². The van der Waals surface area contributed by atoms with Crippen molar-refractivity contribution in [2.24, 2.45) is 5.92 Å². The number of carboxylic acid groups (broad SMARTS) is 1. The molecule has 158 valence electrons. The molecule has 0 aliphatic carbocycles. The molecule has 2 aliphatic heterocycles. The molecule has 8 heteroatoms. The number of halogens is 1. The van der Waals surface area contributed by atoms with Crippen molar-refractivity contribution >= 4 is 35.1 Å². The van der Waals surface area contributed by atoms with Crippen molar-refractivity contribution in [3.8, 4) is 0 Å². The molecule has 0 bridgehead atoms. The molecule has 2 aliphatic rings. The Balaban J connectivity index is 1.87. The smallest absolute Gasteiger partial charge is 0.306 e. The molecule has 0 saturated carbocycles. The van der Waals surface area contributed by atoms with E-state index in [1.807, 2.05) is 11.8 Å². The maximum Gasteiger partial charge on any atom is 0.306 e. The standard InChI is InChI=1S/C21H28ClN3O4/c1-2-3-5-18(26)15-12-16(22)20(24-10-7-14(8-11-24)21(28)29)23-17(15)13-25-9-4-6-19(25)27/h12,14H,2-11,13H2,1H3,(H,28,29). The molecule has 2 fully saturated rings. The molecule has 2 saturated heterocycles. The number of aromatic nitrogens is 1. The molecular weight excluding hydrogens is 394 g/mol. The lowest BCUT2D eigenvalue weighted by molar-refractivity contribution is -0.142. The molecule has 0 aromatic carbocycles. The van der Waals surface area contributed by atoms with Gasteiger partial charge in [0.25, 0.3) is 0 Å². The number of hydrogen-bond donors (Lipinski definition) is 1. The van der Waals surface area contributed by atoms with Crippen molar-refractivity contribution in [1.29, 1.82) is 0 Å². The Bertz CT molecular complexity index is 790. The van der Waals surface area contributed by atoms with Crippen LogP contribution in [0.5, 0.6) is 0 Å². The molecule has 0 atom stereocenters. The maximum absolute atomic E-state index is 12.8. The Hall–Kier alpha value is -2.15. The minimum Gasteiger partial charge on any atom is -0.481 e. The number of carbonyl (C=O) groups excluding carboxylic acids is 2. The lowest BCUT2D eigenvalue weighted by Gasteiger charge is -2.32. The molecule has 3 heterocycles. The van der Waals surface area contributed by atoms with E-state index in [0.717, 1.165) is 19.3 Å². The van der Waals surface area contributed by atoms with Crippen LogP contribution in [0.4, 0.5) is 5.82 Å². The number of ketones is 1. The third-order valence-electron chi connectivity index (χ3n) is 5.75. The topological polar surface area (TPSA) is 90.8 Å². The third-order valence-corrected chi connectivity index (χ3v) is 6.03. The molecule has 7 nitrogen and oxygen atoms in total. The van der Waals surface area contributed by atoms with Gasteiger partial charge >= 0.3 is 5.97 Å². The van der Waals surface area contributed by atoms with Gasteiger partial charge in [0.15, 0.2) is 5.78 Å². The van der Waals surface area contributed by atoms with E-state index < -0.39 is 5.97 Å². The molecule has 0 radical (unpaired) electrons. The van der Waals surface area contributed by atoms with Gasteiger partial charge in [0.05, 0.1) is 23.2 Å². The van der Waals surface area contributed by atoms with Crippen LogP contribution in [0.15, 0.2) is 6.07 Å². The van der Waals surface area contributed by atoms with Crippen LogP contribution in [0.3, 0.4) is 0 Å². The van der Waals surface area contributed by atoms with Crippen molar-refractivity contribution in [2.45, 2.75) is 58.4 Å². The van der Waals surface area contributed by atoms with Crippen molar-refractivity contribution in [3.63, 3.8) is 0 Å². The maximum atomic E-state index is 12.8. The largest absolute Gasteiger partial charge is 0.481 e. The second-order valence-corrected chi connectivity index (χ2v) is 8.24. The molecule has 1 amide bonds. The van der Waals surface area contributed by atoms with Crippen LogP contribution >= 0.6 is 11.6 Å². The SMILES string of the molecule is CCCCC(=O)c1cc(Cl)c(N2CCC(C(=O)O)CC2)nc1CN1CCCC1=O. The number of hydrogen-bond acceptors (Lipinski definition) is 5. The number of amides is 1. The average Bonchev–Trinajstić information content (AvgIpc) is 3.11. The van der Waals surface area contributed by atoms with E-state index in [1.54, 1.807) is 11.0 Å². The summed E-state index contributed by atoms with van der Waals surface area (Å²) in [7, 11) is 0. The van der Waals surface area contributed by atoms with Crippen LogP contribution in [-0.2, 0) is 16.1 Å². The molecule has 1 N–H and O–H groups in total. The van der Waals surface area contributed by atoms with Gasteiger partial charge in [-0.2, -0.15) is 0 Å². The summed E-state index contributed by atoms with van der Waals surface area (Å²) in [6, 6.07) is 1.68. The summed E-state index contributed by atoms with van der Waals surface area (Å²) in [5, 5.41) is 9.61. The number of piperidine rings is 1. The van der Waals surface area contributed by atoms with E-state index in [9.17, 15) is 19.5 Å². The quantitative estimate of drug-likeness (QED) is 0.645. The van der Waals surface area contributed by atoms with Crippen LogP contribution in [0.25, 0.3) is 0 Å². The van der Waals surface area contributed by atoms with E-state index in [0.29, 0.717) is 74.0 Å². The van der Waals surface area contributed by atoms with Gasteiger partial charge in [0.1, 0.15) is 5.82 Å².